The maximum atomic E-state index is 14.1. The quantitative estimate of drug-likeness (QED) is 0.0243. The summed E-state index contributed by atoms with van der Waals surface area (Å²) < 4.78 is 43.3. The molecular formula is C43H62Cl3NO11Si3. The third-order valence-electron chi connectivity index (χ3n) is 11.7. The van der Waals surface area contributed by atoms with Gasteiger partial charge in [0.2, 0.25) is 0 Å². The fourth-order valence-electron chi connectivity index (χ4n) is 4.74. The number of carbonyl (C=O) groups excluding carboxylic acids is 2. The summed E-state index contributed by atoms with van der Waals surface area (Å²) in [7, 11) is -6.15. The van der Waals surface area contributed by atoms with Crippen molar-refractivity contribution in [3.05, 3.63) is 72.7 Å². The van der Waals surface area contributed by atoms with Gasteiger partial charge >= 0.3 is 11.9 Å². The minimum Gasteiger partial charge on any atom is -0.541 e. The highest BCUT2D eigenvalue weighted by Gasteiger charge is 2.45. The molecule has 0 radical (unpaired) electrons. The summed E-state index contributed by atoms with van der Waals surface area (Å²) in [6.07, 6.45) is 0.125. The third kappa shape index (κ3) is 13.3. The van der Waals surface area contributed by atoms with Crippen molar-refractivity contribution in [1.29, 1.82) is 0 Å². The van der Waals surface area contributed by atoms with Crippen LogP contribution in [-0.2, 0) is 16.1 Å². The molecule has 0 aliphatic carbocycles. The molecule has 0 atom stereocenters. The minimum absolute atomic E-state index is 0.0141. The van der Waals surface area contributed by atoms with Gasteiger partial charge in [0.05, 0.1) is 50.9 Å². The molecule has 0 unspecified atom stereocenters. The Balaban J connectivity index is 1.97. The van der Waals surface area contributed by atoms with Crippen molar-refractivity contribution in [1.82, 2.24) is 0 Å². The maximum Gasteiger partial charge on any atom is 0.338 e. The van der Waals surface area contributed by atoms with Gasteiger partial charge in [-0.3, -0.25) is 14.9 Å². The van der Waals surface area contributed by atoms with Gasteiger partial charge in [-0.15, -0.1) is 0 Å². The van der Waals surface area contributed by atoms with E-state index >= 15 is 0 Å². The van der Waals surface area contributed by atoms with E-state index in [4.69, 9.17) is 67.0 Å². The van der Waals surface area contributed by atoms with Gasteiger partial charge in [-0.2, -0.15) is 0 Å². The van der Waals surface area contributed by atoms with E-state index in [1.807, 2.05) is 0 Å². The highest BCUT2D eigenvalue weighted by molar-refractivity contribution is 6.76. The number of nitro benzene ring substituents is 1. The monoisotopic (exact) mass is 957 g/mol. The molecule has 0 fully saturated rings. The molecule has 0 bridgehead atoms. The van der Waals surface area contributed by atoms with Gasteiger partial charge in [-0.25, -0.2) is 4.79 Å². The molecule has 3 rings (SSSR count). The summed E-state index contributed by atoms with van der Waals surface area (Å²) in [5, 5.41) is 12.3. The zero-order valence-electron chi connectivity index (χ0n) is 38.4. The Labute approximate surface area is 379 Å². The first-order valence-electron chi connectivity index (χ1n) is 20.0. The van der Waals surface area contributed by atoms with E-state index in [0.29, 0.717) is 17.2 Å². The van der Waals surface area contributed by atoms with Gasteiger partial charge in [0.15, 0.2) is 23.0 Å². The molecule has 0 aliphatic rings. The number of rotatable bonds is 17. The summed E-state index contributed by atoms with van der Waals surface area (Å²) in [4.78, 5) is 38.3. The zero-order valence-corrected chi connectivity index (χ0v) is 43.6. The first-order chi connectivity index (χ1) is 27.7. The number of ether oxygens (including phenoxy) is 4. The van der Waals surface area contributed by atoms with Crippen LogP contribution in [0, 0.1) is 10.1 Å². The van der Waals surface area contributed by atoms with Crippen molar-refractivity contribution in [2.75, 3.05) is 13.7 Å². The molecule has 18 heteroatoms. The largest absolute Gasteiger partial charge is 0.541 e. The summed E-state index contributed by atoms with van der Waals surface area (Å²) in [5.74, 6) is 0.159. The minimum atomic E-state index is -2.52. The van der Waals surface area contributed by atoms with E-state index in [1.54, 1.807) is 12.1 Å². The lowest BCUT2D eigenvalue weighted by Gasteiger charge is -2.42. The molecule has 0 N–H and O–H groups in total. The van der Waals surface area contributed by atoms with Crippen molar-refractivity contribution in [2.45, 2.75) is 136 Å². The van der Waals surface area contributed by atoms with Crippen LogP contribution in [0.2, 0.25) is 69.5 Å². The molecule has 0 amide bonds. The fraction of sp³-hybridized carbons (Fsp3) is 0.535. The second kappa shape index (κ2) is 19.5. The van der Waals surface area contributed by atoms with Crippen molar-refractivity contribution in [3.8, 4) is 34.5 Å². The molecular weight excluding hydrogens is 897 g/mol. The Bertz CT molecular complexity index is 2060. The number of halogens is 3. The normalized spacial score (nSPS) is 12.7. The van der Waals surface area contributed by atoms with Crippen molar-refractivity contribution < 1.29 is 46.7 Å². The molecule has 0 saturated carbocycles. The Kier molecular flexibility index (Phi) is 16.6. The van der Waals surface area contributed by atoms with Crippen LogP contribution < -0.4 is 27.5 Å². The van der Waals surface area contributed by atoms with Crippen LogP contribution in [0.15, 0.2) is 36.4 Å². The van der Waals surface area contributed by atoms with Gasteiger partial charge in [0, 0.05) is 12.5 Å². The topological polar surface area (TPSA) is 142 Å². The summed E-state index contributed by atoms with van der Waals surface area (Å²) in [6.45, 7) is 31.5. The summed E-state index contributed by atoms with van der Waals surface area (Å²) in [5.41, 5.74) is -0.156. The SMILES string of the molecule is COc1cc(COC(=O)c2cc(O[Si](C)(C)C(C)(C)C)c(O[Si](C)(C)C(C)(C)C)c(O[Si](C)(C)C(C)(C)C)c2)c([N+](=O)[O-])cc1OCCCC(=O)Oc1cc(Cl)c(Cl)cc1Cl. The number of carbonyl (C=O) groups is 2. The van der Waals surface area contributed by atoms with Crippen molar-refractivity contribution in [3.63, 3.8) is 0 Å². The number of nitro groups is 1. The molecule has 0 aliphatic heterocycles. The zero-order chi connectivity index (χ0) is 46.7. The van der Waals surface area contributed by atoms with Crippen LogP contribution in [0.4, 0.5) is 5.69 Å². The highest BCUT2D eigenvalue weighted by Crippen LogP contribution is 2.50. The predicted octanol–water partition coefficient (Wildman–Crippen LogP) is 13.8. The summed E-state index contributed by atoms with van der Waals surface area (Å²) >= 11 is 18.1. The number of hydrogen-bond donors (Lipinski definition) is 0. The Morgan fingerprint density at radius 1 is 0.656 bits per heavy atom. The molecule has 12 nitrogen and oxygen atoms in total. The number of hydrogen-bond acceptors (Lipinski definition) is 11. The number of benzene rings is 3. The Morgan fingerprint density at radius 2 is 1.15 bits per heavy atom. The van der Waals surface area contributed by atoms with Gasteiger partial charge in [0.1, 0.15) is 18.1 Å². The second-order valence-corrected chi connectivity index (χ2v) is 34.9. The van der Waals surface area contributed by atoms with Crippen LogP contribution in [0.1, 0.15) is 91.1 Å². The highest BCUT2D eigenvalue weighted by atomic mass is 35.5. The lowest BCUT2D eigenvalue weighted by atomic mass is 10.1. The summed E-state index contributed by atoms with van der Waals surface area (Å²) in [6, 6.07) is 8.55. The smallest absolute Gasteiger partial charge is 0.338 e. The maximum absolute atomic E-state index is 14.1. The average Bonchev–Trinajstić information content (AvgIpc) is 3.10. The predicted molar refractivity (Wildman–Crippen MR) is 251 cm³/mol. The van der Waals surface area contributed by atoms with Gasteiger partial charge in [-0.05, 0) is 85.1 Å². The van der Waals surface area contributed by atoms with Crippen molar-refractivity contribution in [2.24, 2.45) is 0 Å². The lowest BCUT2D eigenvalue weighted by molar-refractivity contribution is -0.385. The first-order valence-corrected chi connectivity index (χ1v) is 29.8. The van der Waals surface area contributed by atoms with E-state index in [1.165, 1.54) is 31.4 Å². The molecule has 61 heavy (non-hydrogen) atoms. The van der Waals surface area contributed by atoms with Gasteiger partial charge < -0.3 is 32.2 Å². The number of methoxy groups -OCH3 is 1. The molecule has 3 aromatic carbocycles. The van der Waals surface area contributed by atoms with Crippen LogP contribution in [0.3, 0.4) is 0 Å². The molecule has 0 aromatic heterocycles. The van der Waals surface area contributed by atoms with E-state index in [-0.39, 0.29) is 83.7 Å². The molecule has 0 saturated heterocycles. The Hall–Kier alpha value is -3.48. The molecule has 0 spiro atoms. The molecule has 0 heterocycles. The lowest BCUT2D eigenvalue weighted by Crippen LogP contribution is -2.47. The number of esters is 2. The van der Waals surface area contributed by atoms with Crippen LogP contribution in [0.5, 0.6) is 34.5 Å². The standard InChI is InChI=1S/C43H62Cl3NO11Si3/c1-41(2,3)59(11,12)56-36-20-27(21-37(57-60(13,14)42(4,5)6)39(36)58-61(15,16)43(7,8)9)40(49)54-26-28-22-34(52-10)35(25-32(28)47(50)51)53-19-17-18-38(48)55-33-24-30(45)29(44)23-31(33)46/h20-25H,17-19,26H2,1-16H3. The third-order valence-corrected chi connectivity index (χ3v) is 25.7. The average molecular weight is 960 g/mol. The van der Waals surface area contributed by atoms with Crippen molar-refractivity contribution >= 4 is 77.4 Å². The van der Waals surface area contributed by atoms with Crippen LogP contribution in [0.25, 0.3) is 0 Å². The molecule has 338 valence electrons. The van der Waals surface area contributed by atoms with Crippen LogP contribution >= 0.6 is 34.8 Å². The second-order valence-electron chi connectivity index (χ2n) is 19.5. The fourth-order valence-corrected chi connectivity index (χ4v) is 8.35. The van der Waals surface area contributed by atoms with Gasteiger partial charge in [0.25, 0.3) is 30.6 Å². The number of nitrogens with zero attached hydrogens (tertiary/aromatic N) is 1. The van der Waals surface area contributed by atoms with Gasteiger partial charge in [-0.1, -0.05) is 97.1 Å². The van der Waals surface area contributed by atoms with Crippen LogP contribution in [-0.4, -0.2) is 55.5 Å². The Morgan fingerprint density at radius 3 is 1.62 bits per heavy atom. The van der Waals surface area contributed by atoms with E-state index in [0.717, 1.165) is 0 Å². The van der Waals surface area contributed by atoms with E-state index < -0.39 is 48.4 Å². The molecule has 3 aromatic rings. The van der Waals surface area contributed by atoms with E-state index in [9.17, 15) is 19.7 Å². The first kappa shape index (κ1) is 51.9. The van der Waals surface area contributed by atoms with E-state index in [2.05, 4.69) is 102 Å².